The molecule has 0 unspecified atom stereocenters. The van der Waals surface area contributed by atoms with Crippen LogP contribution in [0, 0.1) is 13.8 Å². The van der Waals surface area contributed by atoms with E-state index in [1.165, 1.54) is 0 Å². The Hall–Kier alpha value is -4.79. The number of benzene rings is 3. The molecule has 1 heterocycles. The third kappa shape index (κ3) is 5.77. The molecule has 0 saturated carbocycles. The van der Waals surface area contributed by atoms with Crippen molar-refractivity contribution < 1.29 is 14.4 Å². The zero-order valence-corrected chi connectivity index (χ0v) is 19.3. The van der Waals surface area contributed by atoms with Crippen molar-refractivity contribution in [1.82, 2.24) is 30.9 Å². The lowest BCUT2D eigenvalue weighted by molar-refractivity contribution is -0.120. The van der Waals surface area contributed by atoms with Crippen molar-refractivity contribution in [3.63, 3.8) is 0 Å². The van der Waals surface area contributed by atoms with E-state index in [4.69, 9.17) is 0 Å². The molecule has 35 heavy (non-hydrogen) atoms. The van der Waals surface area contributed by atoms with E-state index in [9.17, 15) is 14.4 Å². The number of amides is 3. The van der Waals surface area contributed by atoms with Gasteiger partial charge in [0.2, 0.25) is 5.82 Å². The summed E-state index contributed by atoms with van der Waals surface area (Å²) in [4.78, 5) is 41.5. The molecule has 0 aliphatic rings. The fourth-order valence-electron chi connectivity index (χ4n) is 3.53. The van der Waals surface area contributed by atoms with Gasteiger partial charge < -0.3 is 5.32 Å². The van der Waals surface area contributed by atoms with Gasteiger partial charge in [-0.3, -0.25) is 25.2 Å². The highest BCUT2D eigenvalue weighted by atomic mass is 16.2. The molecule has 3 N–H and O–H groups in total. The maximum Gasteiger partial charge on any atom is 0.309 e. The van der Waals surface area contributed by atoms with E-state index in [-0.39, 0.29) is 18.3 Å². The van der Waals surface area contributed by atoms with Gasteiger partial charge in [-0.1, -0.05) is 65.7 Å². The van der Waals surface area contributed by atoms with Gasteiger partial charge >= 0.3 is 5.91 Å². The zero-order valence-electron chi connectivity index (χ0n) is 19.3. The molecule has 0 aliphatic carbocycles. The van der Waals surface area contributed by atoms with E-state index >= 15 is 0 Å². The van der Waals surface area contributed by atoms with Crippen molar-refractivity contribution in [1.29, 1.82) is 0 Å². The van der Waals surface area contributed by atoms with Crippen LogP contribution in [0.3, 0.4) is 0 Å². The summed E-state index contributed by atoms with van der Waals surface area (Å²) in [6.07, 6.45) is 0. The maximum atomic E-state index is 12.7. The average molecular weight is 469 g/mol. The molecule has 3 aromatic carbocycles. The summed E-state index contributed by atoms with van der Waals surface area (Å²) in [5, 5.41) is 6.87. The second kappa shape index (κ2) is 10.4. The average Bonchev–Trinajstić information content (AvgIpc) is 3.32. The van der Waals surface area contributed by atoms with Crippen molar-refractivity contribution in [3.05, 3.63) is 101 Å². The SMILES string of the molecule is Cc1cc(C)cc(C(=O)NCC(=O)NNC(=O)c2nc(-c3ccccc3)n(-c3ccccc3)n2)c1. The van der Waals surface area contributed by atoms with Crippen LogP contribution in [0.5, 0.6) is 0 Å². The Labute approximate surface area is 202 Å². The van der Waals surface area contributed by atoms with Gasteiger partial charge in [0.05, 0.1) is 12.2 Å². The molecule has 4 rings (SSSR count). The standard InChI is InChI=1S/C26H24N6O3/c1-17-13-18(2)15-20(14-17)25(34)27-16-22(33)29-30-26(35)23-28-24(19-9-5-3-6-10-19)32(31-23)21-11-7-4-8-12-21/h3-15H,16H2,1-2H3,(H,27,34)(H,29,33)(H,30,35). The van der Waals surface area contributed by atoms with Gasteiger partial charge in [0.25, 0.3) is 11.8 Å². The van der Waals surface area contributed by atoms with Crippen LogP contribution in [0.25, 0.3) is 17.1 Å². The van der Waals surface area contributed by atoms with Crippen molar-refractivity contribution in [2.75, 3.05) is 6.54 Å². The molecule has 0 bridgehead atoms. The number of carbonyl (C=O) groups is 3. The molecule has 0 spiro atoms. The second-order valence-electron chi connectivity index (χ2n) is 7.93. The Bertz CT molecular complexity index is 1290. The molecular formula is C26H24N6O3. The number of para-hydroxylation sites is 1. The first-order valence-electron chi connectivity index (χ1n) is 10.9. The molecule has 0 aliphatic heterocycles. The van der Waals surface area contributed by atoms with E-state index < -0.39 is 11.8 Å². The highest BCUT2D eigenvalue weighted by molar-refractivity contribution is 5.97. The van der Waals surface area contributed by atoms with Gasteiger partial charge in [-0.25, -0.2) is 9.67 Å². The highest BCUT2D eigenvalue weighted by Gasteiger charge is 2.19. The van der Waals surface area contributed by atoms with E-state index in [1.807, 2.05) is 80.6 Å². The topological polar surface area (TPSA) is 118 Å². The maximum absolute atomic E-state index is 12.7. The van der Waals surface area contributed by atoms with E-state index in [1.54, 1.807) is 16.8 Å². The molecule has 1 aromatic heterocycles. The summed E-state index contributed by atoms with van der Waals surface area (Å²) in [7, 11) is 0. The summed E-state index contributed by atoms with van der Waals surface area (Å²) in [6.45, 7) is 3.47. The summed E-state index contributed by atoms with van der Waals surface area (Å²) in [5.41, 5.74) is 8.44. The van der Waals surface area contributed by atoms with E-state index in [0.29, 0.717) is 11.4 Å². The number of hydrogen-bond donors (Lipinski definition) is 3. The van der Waals surface area contributed by atoms with Gasteiger partial charge in [0.1, 0.15) is 0 Å². The number of rotatable bonds is 6. The van der Waals surface area contributed by atoms with Crippen LogP contribution in [-0.4, -0.2) is 39.0 Å². The lowest BCUT2D eigenvalue weighted by Crippen LogP contribution is -2.46. The van der Waals surface area contributed by atoms with Crippen LogP contribution >= 0.6 is 0 Å². The second-order valence-corrected chi connectivity index (χ2v) is 7.93. The number of carbonyl (C=O) groups excluding carboxylic acids is 3. The van der Waals surface area contributed by atoms with Crippen molar-refractivity contribution >= 4 is 17.7 Å². The number of nitrogens with one attached hydrogen (secondary N) is 3. The minimum atomic E-state index is -0.689. The number of aryl methyl sites for hydroxylation is 2. The highest BCUT2D eigenvalue weighted by Crippen LogP contribution is 2.20. The van der Waals surface area contributed by atoms with Crippen molar-refractivity contribution in [2.24, 2.45) is 0 Å². The fourth-order valence-corrected chi connectivity index (χ4v) is 3.53. The number of aromatic nitrogens is 3. The minimum Gasteiger partial charge on any atom is -0.343 e. The summed E-state index contributed by atoms with van der Waals surface area (Å²) in [6, 6.07) is 24.1. The van der Waals surface area contributed by atoms with Crippen LogP contribution in [0.1, 0.15) is 32.1 Å². The third-order valence-corrected chi connectivity index (χ3v) is 5.05. The normalized spacial score (nSPS) is 10.5. The van der Waals surface area contributed by atoms with Gasteiger partial charge in [-0.05, 0) is 38.1 Å². The van der Waals surface area contributed by atoms with Crippen LogP contribution in [-0.2, 0) is 4.79 Å². The molecule has 3 amide bonds. The molecule has 0 saturated heterocycles. The lowest BCUT2D eigenvalue weighted by atomic mass is 10.1. The lowest BCUT2D eigenvalue weighted by Gasteiger charge is -2.08. The smallest absolute Gasteiger partial charge is 0.309 e. The number of hydrazine groups is 1. The van der Waals surface area contributed by atoms with Crippen LogP contribution < -0.4 is 16.2 Å². The van der Waals surface area contributed by atoms with Gasteiger partial charge in [-0.15, -0.1) is 5.10 Å². The molecular weight excluding hydrogens is 444 g/mol. The quantitative estimate of drug-likeness (QED) is 0.376. The predicted octanol–water partition coefficient (Wildman–Crippen LogP) is 2.74. The monoisotopic (exact) mass is 468 g/mol. The van der Waals surface area contributed by atoms with Gasteiger partial charge in [0, 0.05) is 11.1 Å². The van der Waals surface area contributed by atoms with Gasteiger partial charge in [0.15, 0.2) is 5.82 Å². The molecule has 9 nitrogen and oxygen atoms in total. The van der Waals surface area contributed by atoms with Crippen LogP contribution in [0.4, 0.5) is 0 Å². The largest absolute Gasteiger partial charge is 0.343 e. The van der Waals surface area contributed by atoms with Crippen molar-refractivity contribution in [2.45, 2.75) is 13.8 Å². The number of nitrogens with zero attached hydrogens (tertiary/aromatic N) is 3. The Morgan fingerprint density at radius 1 is 0.800 bits per heavy atom. The predicted molar refractivity (Wildman–Crippen MR) is 131 cm³/mol. The van der Waals surface area contributed by atoms with Gasteiger partial charge in [-0.2, -0.15) is 0 Å². The van der Waals surface area contributed by atoms with Crippen LogP contribution in [0.15, 0.2) is 78.9 Å². The molecule has 9 heteroatoms. The summed E-state index contributed by atoms with van der Waals surface area (Å²) >= 11 is 0. The molecule has 0 radical (unpaired) electrons. The first kappa shape index (κ1) is 23.4. The Kier molecular flexibility index (Phi) is 6.96. The molecule has 0 fully saturated rings. The Morgan fingerprint density at radius 2 is 1.43 bits per heavy atom. The van der Waals surface area contributed by atoms with Crippen LogP contribution in [0.2, 0.25) is 0 Å². The third-order valence-electron chi connectivity index (χ3n) is 5.05. The van der Waals surface area contributed by atoms with Crippen molar-refractivity contribution in [3.8, 4) is 17.1 Å². The molecule has 0 atom stereocenters. The summed E-state index contributed by atoms with van der Waals surface area (Å²) in [5.74, 6) is -1.30. The van der Waals surface area contributed by atoms with E-state index in [2.05, 4.69) is 26.3 Å². The Morgan fingerprint density at radius 3 is 2.09 bits per heavy atom. The molecule has 4 aromatic rings. The fraction of sp³-hybridized carbons (Fsp3) is 0.115. The molecule has 176 valence electrons. The minimum absolute atomic E-state index is 0.118. The van der Waals surface area contributed by atoms with E-state index in [0.717, 1.165) is 22.4 Å². The zero-order chi connectivity index (χ0) is 24.8. The summed E-state index contributed by atoms with van der Waals surface area (Å²) < 4.78 is 1.57. The first-order valence-corrected chi connectivity index (χ1v) is 10.9. The Balaban J connectivity index is 1.41. The number of hydrogen-bond acceptors (Lipinski definition) is 5. The first-order chi connectivity index (χ1) is 16.9.